The Balaban J connectivity index is 1.72. The van der Waals surface area contributed by atoms with Crippen LogP contribution in [0.2, 0.25) is 0 Å². The third-order valence-corrected chi connectivity index (χ3v) is 4.69. The van der Waals surface area contributed by atoms with Gasteiger partial charge in [0.2, 0.25) is 0 Å². The van der Waals surface area contributed by atoms with Gasteiger partial charge in [-0.3, -0.25) is 4.99 Å². The van der Waals surface area contributed by atoms with Crippen molar-refractivity contribution < 1.29 is 0 Å². The van der Waals surface area contributed by atoms with E-state index in [1.807, 2.05) is 0 Å². The van der Waals surface area contributed by atoms with Crippen LogP contribution in [-0.2, 0) is 0 Å². The van der Waals surface area contributed by atoms with Crippen molar-refractivity contribution in [1.29, 1.82) is 0 Å². The molecule has 1 saturated carbocycles. The maximum absolute atomic E-state index is 4.63. The molecule has 122 valence electrons. The number of piperidine rings is 1. The summed E-state index contributed by atoms with van der Waals surface area (Å²) in [6, 6.07) is 1.27. The number of rotatable bonds is 7. The molecule has 4 nitrogen and oxygen atoms in total. The van der Waals surface area contributed by atoms with Gasteiger partial charge in [-0.1, -0.05) is 20.3 Å². The predicted molar refractivity (Wildman–Crippen MR) is 90.8 cm³/mol. The molecule has 0 aromatic rings. The molecule has 2 atom stereocenters. The summed E-state index contributed by atoms with van der Waals surface area (Å²) in [5, 5.41) is 7.30. The average Bonchev–Trinajstić information content (AvgIpc) is 3.20. The lowest BCUT2D eigenvalue weighted by atomic mass is 10.1. The zero-order chi connectivity index (χ0) is 15.1. The lowest BCUT2D eigenvalue weighted by Gasteiger charge is -2.33. The van der Waals surface area contributed by atoms with E-state index in [1.165, 1.54) is 58.2 Å². The Morgan fingerprint density at radius 1 is 1.10 bits per heavy atom. The molecule has 2 rings (SSSR count). The molecule has 21 heavy (non-hydrogen) atoms. The Kier molecular flexibility index (Phi) is 6.81. The third-order valence-electron chi connectivity index (χ3n) is 4.69. The Morgan fingerprint density at radius 2 is 1.86 bits per heavy atom. The highest BCUT2D eigenvalue weighted by atomic mass is 15.2. The number of aliphatic imine (C=N–C) groups is 1. The van der Waals surface area contributed by atoms with Crippen molar-refractivity contribution in [3.8, 4) is 0 Å². The summed E-state index contributed by atoms with van der Waals surface area (Å²) in [5.74, 6) is 1.93. The van der Waals surface area contributed by atoms with E-state index in [-0.39, 0.29) is 0 Å². The molecule has 0 radical (unpaired) electrons. The maximum Gasteiger partial charge on any atom is 0.191 e. The third kappa shape index (κ3) is 5.50. The molecule has 1 heterocycles. The van der Waals surface area contributed by atoms with Crippen LogP contribution in [-0.4, -0.2) is 49.1 Å². The second-order valence-electron chi connectivity index (χ2n) is 6.62. The van der Waals surface area contributed by atoms with Crippen LogP contribution in [0.25, 0.3) is 0 Å². The fourth-order valence-corrected chi connectivity index (χ4v) is 3.39. The summed E-state index contributed by atoms with van der Waals surface area (Å²) < 4.78 is 0. The zero-order valence-corrected chi connectivity index (χ0v) is 14.2. The minimum atomic E-state index is 0.597. The predicted octanol–water partition coefficient (Wildman–Crippen LogP) is 2.60. The highest BCUT2D eigenvalue weighted by molar-refractivity contribution is 5.80. The van der Waals surface area contributed by atoms with Gasteiger partial charge in [0.25, 0.3) is 0 Å². The van der Waals surface area contributed by atoms with Crippen LogP contribution < -0.4 is 10.6 Å². The molecule has 2 N–H and O–H groups in total. The first kappa shape index (κ1) is 16.6. The second kappa shape index (κ2) is 8.62. The first-order valence-corrected chi connectivity index (χ1v) is 9.06. The van der Waals surface area contributed by atoms with E-state index in [0.717, 1.165) is 18.4 Å². The minimum Gasteiger partial charge on any atom is -0.354 e. The highest BCUT2D eigenvalue weighted by Gasteiger charge is 2.36. The minimum absolute atomic E-state index is 0.597. The molecule has 2 aliphatic rings. The topological polar surface area (TPSA) is 39.7 Å². The first-order valence-electron chi connectivity index (χ1n) is 9.06. The number of nitrogens with one attached hydrogen (secondary N) is 2. The second-order valence-corrected chi connectivity index (χ2v) is 6.62. The molecule has 2 unspecified atom stereocenters. The molecule has 0 bridgehead atoms. The van der Waals surface area contributed by atoms with Crippen molar-refractivity contribution in [2.24, 2.45) is 10.9 Å². The Bertz CT molecular complexity index is 321. The first-order chi connectivity index (χ1) is 10.3. The molecule has 0 aromatic carbocycles. The van der Waals surface area contributed by atoms with Gasteiger partial charge in [0.1, 0.15) is 0 Å². The normalized spacial score (nSPS) is 27.7. The van der Waals surface area contributed by atoms with Gasteiger partial charge < -0.3 is 15.5 Å². The summed E-state index contributed by atoms with van der Waals surface area (Å²) >= 11 is 0. The highest BCUT2D eigenvalue weighted by Crippen LogP contribution is 2.34. The summed E-state index contributed by atoms with van der Waals surface area (Å²) in [6.07, 6.45) is 7.73. The van der Waals surface area contributed by atoms with Gasteiger partial charge >= 0.3 is 0 Å². The number of guanidine groups is 1. The van der Waals surface area contributed by atoms with E-state index in [9.17, 15) is 0 Å². The Labute approximate surface area is 130 Å². The maximum atomic E-state index is 4.63. The fourth-order valence-electron chi connectivity index (χ4n) is 3.39. The number of hydrogen-bond donors (Lipinski definition) is 2. The quantitative estimate of drug-likeness (QED) is 0.560. The number of nitrogens with zero attached hydrogens (tertiary/aromatic N) is 2. The smallest absolute Gasteiger partial charge is 0.191 e. The van der Waals surface area contributed by atoms with E-state index >= 15 is 0 Å². The van der Waals surface area contributed by atoms with E-state index in [4.69, 9.17) is 0 Å². The largest absolute Gasteiger partial charge is 0.354 e. The standard InChI is InChI=1S/C17H34N4/c1-4-7-14-13-16(14)20-17(18-6-3)19-15-8-11-21(10-5-2)12-9-15/h14-16H,4-13H2,1-3H3,(H2,18,19,20). The van der Waals surface area contributed by atoms with Crippen LogP contribution in [0.15, 0.2) is 4.99 Å². The van der Waals surface area contributed by atoms with Crippen molar-refractivity contribution >= 4 is 5.96 Å². The molecule has 0 amide bonds. The van der Waals surface area contributed by atoms with Crippen molar-refractivity contribution in [1.82, 2.24) is 15.5 Å². The van der Waals surface area contributed by atoms with Crippen LogP contribution in [0.4, 0.5) is 0 Å². The van der Waals surface area contributed by atoms with Crippen molar-refractivity contribution in [3.05, 3.63) is 0 Å². The monoisotopic (exact) mass is 294 g/mol. The molecule has 1 saturated heterocycles. The molecular weight excluding hydrogens is 260 g/mol. The van der Waals surface area contributed by atoms with Gasteiger partial charge in [0, 0.05) is 31.7 Å². The van der Waals surface area contributed by atoms with Crippen molar-refractivity contribution in [2.45, 2.75) is 71.4 Å². The van der Waals surface area contributed by atoms with E-state index in [0.29, 0.717) is 12.1 Å². The molecule has 0 aromatic heterocycles. The van der Waals surface area contributed by atoms with Crippen LogP contribution in [0.5, 0.6) is 0 Å². The van der Waals surface area contributed by atoms with Crippen molar-refractivity contribution in [2.75, 3.05) is 26.2 Å². The summed E-state index contributed by atoms with van der Waals surface area (Å²) in [7, 11) is 0. The van der Waals surface area contributed by atoms with E-state index in [2.05, 4.69) is 41.3 Å². The van der Waals surface area contributed by atoms with Crippen LogP contribution in [0, 0.1) is 5.92 Å². The SMILES string of the molecule is CCCC1CC1NC(=NCC)NC1CCN(CCC)CC1. The number of likely N-dealkylation sites (tertiary alicyclic amines) is 1. The molecular formula is C17H34N4. The van der Waals surface area contributed by atoms with Crippen LogP contribution in [0.1, 0.15) is 59.3 Å². The molecule has 1 aliphatic carbocycles. The van der Waals surface area contributed by atoms with E-state index in [1.54, 1.807) is 0 Å². The molecule has 1 aliphatic heterocycles. The van der Waals surface area contributed by atoms with Gasteiger partial charge in [-0.05, 0) is 51.5 Å². The lowest BCUT2D eigenvalue weighted by molar-refractivity contribution is 0.206. The zero-order valence-electron chi connectivity index (χ0n) is 14.2. The van der Waals surface area contributed by atoms with Gasteiger partial charge in [-0.25, -0.2) is 0 Å². The van der Waals surface area contributed by atoms with Crippen LogP contribution >= 0.6 is 0 Å². The fraction of sp³-hybridized carbons (Fsp3) is 0.941. The van der Waals surface area contributed by atoms with Crippen LogP contribution in [0.3, 0.4) is 0 Å². The number of hydrogen-bond acceptors (Lipinski definition) is 2. The van der Waals surface area contributed by atoms with Gasteiger partial charge in [-0.2, -0.15) is 0 Å². The van der Waals surface area contributed by atoms with Gasteiger partial charge in [0.15, 0.2) is 5.96 Å². The lowest BCUT2D eigenvalue weighted by Crippen LogP contribution is -2.49. The molecule has 2 fully saturated rings. The average molecular weight is 294 g/mol. The summed E-state index contributed by atoms with van der Waals surface area (Å²) in [6.45, 7) is 11.2. The van der Waals surface area contributed by atoms with Gasteiger partial charge in [-0.15, -0.1) is 0 Å². The Hall–Kier alpha value is -0.770. The van der Waals surface area contributed by atoms with E-state index < -0.39 is 0 Å². The Morgan fingerprint density at radius 3 is 2.48 bits per heavy atom. The van der Waals surface area contributed by atoms with Crippen molar-refractivity contribution in [3.63, 3.8) is 0 Å². The van der Waals surface area contributed by atoms with Gasteiger partial charge in [0.05, 0.1) is 0 Å². The summed E-state index contributed by atoms with van der Waals surface area (Å²) in [4.78, 5) is 7.21. The molecule has 0 spiro atoms. The molecule has 4 heteroatoms. The summed E-state index contributed by atoms with van der Waals surface area (Å²) in [5.41, 5.74) is 0.